The second-order valence-corrected chi connectivity index (χ2v) is 2.96. The maximum atomic E-state index is 12.0. The lowest BCUT2D eigenvalue weighted by Crippen LogP contribution is -2.33. The standard InChI is InChI=1S/C9H13F3O3/c1-3-15-7(13)5-4-6(2)8(14)9(10,11)12/h4-6,8,14H,3H2,1-2H3/b5-4+/t6-,8-/m1/s1. The van der Waals surface area contributed by atoms with Crippen molar-refractivity contribution in [2.45, 2.75) is 26.1 Å². The van der Waals surface area contributed by atoms with E-state index in [4.69, 9.17) is 5.11 Å². The van der Waals surface area contributed by atoms with Crippen LogP contribution in [0.5, 0.6) is 0 Å². The zero-order chi connectivity index (χ0) is 12.1. The number of carbonyl (C=O) groups is 1. The number of rotatable bonds is 4. The summed E-state index contributed by atoms with van der Waals surface area (Å²) in [6.07, 6.45) is -5.30. The Bertz CT molecular complexity index is 235. The molecule has 0 aliphatic rings. The second-order valence-electron chi connectivity index (χ2n) is 2.96. The third-order valence-electron chi connectivity index (χ3n) is 1.66. The molecule has 0 radical (unpaired) electrons. The van der Waals surface area contributed by atoms with Crippen molar-refractivity contribution < 1.29 is 27.8 Å². The molecule has 0 heterocycles. The Labute approximate surface area is 85.5 Å². The third-order valence-corrected chi connectivity index (χ3v) is 1.66. The highest BCUT2D eigenvalue weighted by molar-refractivity contribution is 5.81. The quantitative estimate of drug-likeness (QED) is 0.585. The van der Waals surface area contributed by atoms with Gasteiger partial charge in [0.2, 0.25) is 0 Å². The van der Waals surface area contributed by atoms with Crippen LogP contribution in [0.25, 0.3) is 0 Å². The molecule has 0 unspecified atom stereocenters. The predicted molar refractivity (Wildman–Crippen MR) is 47.0 cm³/mol. The second kappa shape index (κ2) is 5.75. The lowest BCUT2D eigenvalue weighted by atomic mass is 10.0. The van der Waals surface area contributed by atoms with Crippen LogP contribution in [0.3, 0.4) is 0 Å². The summed E-state index contributed by atoms with van der Waals surface area (Å²) in [6.45, 7) is 2.90. The predicted octanol–water partition coefficient (Wildman–Crippen LogP) is 1.66. The van der Waals surface area contributed by atoms with E-state index < -0.39 is 24.2 Å². The average Bonchev–Trinajstić information content (AvgIpc) is 2.12. The van der Waals surface area contributed by atoms with Crippen molar-refractivity contribution in [1.29, 1.82) is 0 Å². The first kappa shape index (κ1) is 14.0. The maximum absolute atomic E-state index is 12.0. The molecule has 0 saturated carbocycles. The Balaban J connectivity index is 4.24. The van der Waals surface area contributed by atoms with E-state index in [0.29, 0.717) is 0 Å². The van der Waals surface area contributed by atoms with Gasteiger partial charge in [-0.1, -0.05) is 13.0 Å². The van der Waals surface area contributed by atoms with Gasteiger partial charge in [0.15, 0.2) is 6.10 Å². The van der Waals surface area contributed by atoms with Gasteiger partial charge in [0.1, 0.15) is 0 Å². The fourth-order valence-corrected chi connectivity index (χ4v) is 0.824. The molecule has 6 heteroatoms. The maximum Gasteiger partial charge on any atom is 0.414 e. The summed E-state index contributed by atoms with van der Waals surface area (Å²) in [5, 5.41) is 8.77. The summed E-state index contributed by atoms with van der Waals surface area (Å²) in [5.74, 6) is -1.91. The minimum absolute atomic E-state index is 0.152. The lowest BCUT2D eigenvalue weighted by Gasteiger charge is -2.18. The van der Waals surface area contributed by atoms with Gasteiger partial charge in [-0.25, -0.2) is 4.79 Å². The molecule has 0 aromatic carbocycles. The number of ether oxygens (including phenoxy) is 1. The minimum Gasteiger partial charge on any atom is -0.463 e. The van der Waals surface area contributed by atoms with Gasteiger partial charge in [-0.2, -0.15) is 13.2 Å². The van der Waals surface area contributed by atoms with E-state index in [1.54, 1.807) is 6.92 Å². The van der Waals surface area contributed by atoms with Crippen molar-refractivity contribution in [3.05, 3.63) is 12.2 Å². The smallest absolute Gasteiger partial charge is 0.414 e. The first-order valence-corrected chi connectivity index (χ1v) is 4.38. The average molecular weight is 226 g/mol. The number of hydrogen-bond acceptors (Lipinski definition) is 3. The van der Waals surface area contributed by atoms with Crippen LogP contribution in [0, 0.1) is 5.92 Å². The number of alkyl halides is 3. The van der Waals surface area contributed by atoms with Crippen molar-refractivity contribution in [3.8, 4) is 0 Å². The molecule has 0 amide bonds. The minimum atomic E-state index is -4.68. The van der Waals surface area contributed by atoms with Crippen LogP contribution in [0.1, 0.15) is 13.8 Å². The third kappa shape index (κ3) is 5.41. The number of hydrogen-bond donors (Lipinski definition) is 1. The largest absolute Gasteiger partial charge is 0.463 e. The van der Waals surface area contributed by atoms with Gasteiger partial charge in [-0.3, -0.25) is 0 Å². The van der Waals surface area contributed by atoms with E-state index >= 15 is 0 Å². The number of carbonyl (C=O) groups excluding carboxylic acids is 1. The molecule has 0 rings (SSSR count). The number of aliphatic hydroxyl groups is 1. The highest BCUT2D eigenvalue weighted by Gasteiger charge is 2.40. The zero-order valence-electron chi connectivity index (χ0n) is 8.41. The van der Waals surface area contributed by atoms with Crippen LogP contribution in [0.2, 0.25) is 0 Å². The highest BCUT2D eigenvalue weighted by Crippen LogP contribution is 2.25. The Morgan fingerprint density at radius 3 is 2.47 bits per heavy atom. The van der Waals surface area contributed by atoms with Crippen LogP contribution in [-0.2, 0) is 9.53 Å². The summed E-state index contributed by atoms with van der Waals surface area (Å²) in [6, 6.07) is 0. The first-order valence-electron chi connectivity index (χ1n) is 4.38. The van der Waals surface area contributed by atoms with Gasteiger partial charge in [0.25, 0.3) is 0 Å². The monoisotopic (exact) mass is 226 g/mol. The van der Waals surface area contributed by atoms with Crippen LogP contribution >= 0.6 is 0 Å². The van der Waals surface area contributed by atoms with Gasteiger partial charge < -0.3 is 9.84 Å². The fraction of sp³-hybridized carbons (Fsp3) is 0.667. The first-order chi connectivity index (χ1) is 6.79. The van der Waals surface area contributed by atoms with Crippen molar-refractivity contribution in [2.75, 3.05) is 6.61 Å². The Hall–Kier alpha value is -1.04. The summed E-state index contributed by atoms with van der Waals surface area (Å²) in [5.41, 5.74) is 0. The SMILES string of the molecule is CCOC(=O)/C=C/[C@@H](C)[C@@H](O)C(F)(F)F. The van der Waals surface area contributed by atoms with Crippen LogP contribution in [0.15, 0.2) is 12.2 Å². The Morgan fingerprint density at radius 1 is 1.53 bits per heavy atom. The Kier molecular flexibility index (Phi) is 5.35. The van der Waals surface area contributed by atoms with E-state index in [0.717, 1.165) is 19.1 Å². The van der Waals surface area contributed by atoms with Crippen molar-refractivity contribution >= 4 is 5.97 Å². The van der Waals surface area contributed by atoms with Crippen molar-refractivity contribution in [2.24, 2.45) is 5.92 Å². The molecule has 1 N–H and O–H groups in total. The molecular formula is C9H13F3O3. The number of aliphatic hydroxyl groups excluding tert-OH is 1. The van der Waals surface area contributed by atoms with Crippen LogP contribution in [-0.4, -0.2) is 30.0 Å². The molecule has 0 aromatic heterocycles. The van der Waals surface area contributed by atoms with E-state index in [1.807, 2.05) is 0 Å². The molecule has 0 aliphatic carbocycles. The van der Waals surface area contributed by atoms with E-state index in [-0.39, 0.29) is 6.61 Å². The molecule has 0 aromatic rings. The van der Waals surface area contributed by atoms with Gasteiger partial charge in [0.05, 0.1) is 6.61 Å². The van der Waals surface area contributed by atoms with E-state index in [1.165, 1.54) is 0 Å². The van der Waals surface area contributed by atoms with E-state index in [2.05, 4.69) is 4.74 Å². The van der Waals surface area contributed by atoms with Crippen LogP contribution < -0.4 is 0 Å². The van der Waals surface area contributed by atoms with Crippen LogP contribution in [0.4, 0.5) is 13.2 Å². The highest BCUT2D eigenvalue weighted by atomic mass is 19.4. The topological polar surface area (TPSA) is 46.5 Å². The summed E-state index contributed by atoms with van der Waals surface area (Å²) in [4.78, 5) is 10.7. The molecular weight excluding hydrogens is 213 g/mol. The molecule has 3 nitrogen and oxygen atoms in total. The van der Waals surface area contributed by atoms with Gasteiger partial charge >= 0.3 is 12.1 Å². The van der Waals surface area contributed by atoms with Crippen molar-refractivity contribution in [1.82, 2.24) is 0 Å². The number of halogens is 3. The summed E-state index contributed by atoms with van der Waals surface area (Å²) in [7, 11) is 0. The van der Waals surface area contributed by atoms with Gasteiger partial charge in [-0.15, -0.1) is 0 Å². The molecule has 0 bridgehead atoms. The van der Waals surface area contributed by atoms with E-state index in [9.17, 15) is 18.0 Å². The Morgan fingerprint density at radius 2 is 2.07 bits per heavy atom. The normalized spacial score (nSPS) is 16.4. The zero-order valence-corrected chi connectivity index (χ0v) is 8.41. The lowest BCUT2D eigenvalue weighted by molar-refractivity contribution is -0.213. The fourth-order valence-electron chi connectivity index (χ4n) is 0.824. The summed E-state index contributed by atoms with van der Waals surface area (Å²) < 4.78 is 40.4. The molecule has 0 saturated heterocycles. The molecule has 0 fully saturated rings. The van der Waals surface area contributed by atoms with Crippen molar-refractivity contribution in [3.63, 3.8) is 0 Å². The molecule has 88 valence electrons. The molecule has 0 aliphatic heterocycles. The molecule has 2 atom stereocenters. The van der Waals surface area contributed by atoms with Gasteiger partial charge in [0, 0.05) is 12.0 Å². The summed E-state index contributed by atoms with van der Waals surface area (Å²) >= 11 is 0. The number of esters is 1. The molecule has 15 heavy (non-hydrogen) atoms. The van der Waals surface area contributed by atoms with Gasteiger partial charge in [-0.05, 0) is 6.92 Å². The molecule has 0 spiro atoms.